The van der Waals surface area contributed by atoms with Crippen LogP contribution in [0.15, 0.2) is 0 Å². The maximum atomic E-state index is 12.7. The highest BCUT2D eigenvalue weighted by atomic mass is 16.2. The molecule has 0 radical (unpaired) electrons. The molecule has 5 heteroatoms. The first-order valence-electron chi connectivity index (χ1n) is 9.95. The van der Waals surface area contributed by atoms with Gasteiger partial charge in [0.15, 0.2) is 0 Å². The van der Waals surface area contributed by atoms with Crippen LogP contribution in [0.2, 0.25) is 0 Å². The quantitative estimate of drug-likeness (QED) is 0.859. The van der Waals surface area contributed by atoms with Crippen molar-refractivity contribution in [2.75, 3.05) is 26.2 Å². The highest BCUT2D eigenvalue weighted by molar-refractivity contribution is 5.80. The van der Waals surface area contributed by atoms with E-state index in [-0.39, 0.29) is 17.9 Å². The number of carbonyl (C=O) groups excluding carboxylic acids is 2. The largest absolute Gasteiger partial charge is 0.339 e. The molecule has 0 aromatic rings. The van der Waals surface area contributed by atoms with E-state index in [0.717, 1.165) is 25.7 Å². The normalized spacial score (nSPS) is 29.5. The third-order valence-electron chi connectivity index (χ3n) is 6.20. The van der Waals surface area contributed by atoms with Crippen LogP contribution in [-0.4, -0.2) is 53.8 Å². The Morgan fingerprint density at radius 2 is 1.50 bits per heavy atom. The van der Waals surface area contributed by atoms with Crippen LogP contribution in [0, 0.1) is 11.8 Å². The van der Waals surface area contributed by atoms with Gasteiger partial charge in [-0.05, 0) is 38.0 Å². The van der Waals surface area contributed by atoms with E-state index in [1.165, 1.54) is 32.1 Å². The summed E-state index contributed by atoms with van der Waals surface area (Å²) < 4.78 is 0. The molecule has 1 aliphatic heterocycles. The summed E-state index contributed by atoms with van der Waals surface area (Å²) in [7, 11) is 0. The molecule has 0 spiro atoms. The fraction of sp³-hybridized carbons (Fsp3) is 0.895. The van der Waals surface area contributed by atoms with Gasteiger partial charge in [-0.1, -0.05) is 25.7 Å². The van der Waals surface area contributed by atoms with E-state index in [4.69, 9.17) is 5.73 Å². The molecule has 2 saturated carbocycles. The number of hydrogen-bond donors (Lipinski definition) is 1. The van der Waals surface area contributed by atoms with Gasteiger partial charge in [0.05, 0.1) is 0 Å². The molecular weight excluding hydrogens is 302 g/mol. The third-order valence-corrected chi connectivity index (χ3v) is 6.20. The summed E-state index contributed by atoms with van der Waals surface area (Å²) in [5.74, 6) is 1.27. The Morgan fingerprint density at radius 1 is 0.833 bits per heavy atom. The van der Waals surface area contributed by atoms with Crippen LogP contribution in [0.25, 0.3) is 0 Å². The van der Waals surface area contributed by atoms with Gasteiger partial charge in [-0.3, -0.25) is 9.59 Å². The summed E-state index contributed by atoms with van der Waals surface area (Å²) in [5, 5.41) is 0. The van der Waals surface area contributed by atoms with Crippen molar-refractivity contribution in [3.05, 3.63) is 0 Å². The lowest BCUT2D eigenvalue weighted by Gasteiger charge is -2.38. The van der Waals surface area contributed by atoms with Crippen LogP contribution in [0.3, 0.4) is 0 Å². The SMILES string of the molecule is N[C@H]1CCC[C@H](C(=O)N2CCN(C(=O)CC3CCCCC3)CC2)C1. The second-order valence-corrected chi connectivity index (χ2v) is 8.04. The molecule has 1 heterocycles. The average molecular weight is 335 g/mol. The molecule has 0 bridgehead atoms. The summed E-state index contributed by atoms with van der Waals surface area (Å²) in [6, 6.07) is 0.186. The zero-order valence-electron chi connectivity index (χ0n) is 14.9. The highest BCUT2D eigenvalue weighted by Gasteiger charge is 2.32. The standard InChI is InChI=1S/C19H33N3O2/c20-17-8-4-7-16(14-17)19(24)22-11-9-21(10-12-22)18(23)13-15-5-2-1-3-6-15/h15-17H,1-14,20H2/t16-,17-/m0/s1. The smallest absolute Gasteiger partial charge is 0.225 e. The number of rotatable bonds is 3. The van der Waals surface area contributed by atoms with Crippen molar-refractivity contribution in [2.45, 2.75) is 70.3 Å². The molecule has 5 nitrogen and oxygen atoms in total. The van der Waals surface area contributed by atoms with Crippen molar-refractivity contribution in [1.29, 1.82) is 0 Å². The van der Waals surface area contributed by atoms with Gasteiger partial charge in [0.1, 0.15) is 0 Å². The van der Waals surface area contributed by atoms with Crippen LogP contribution in [0.1, 0.15) is 64.2 Å². The Hall–Kier alpha value is -1.10. The lowest BCUT2D eigenvalue weighted by molar-refractivity contribution is -0.143. The minimum absolute atomic E-state index is 0.109. The Bertz CT molecular complexity index is 440. The molecule has 0 aromatic carbocycles. The van der Waals surface area contributed by atoms with Gasteiger partial charge >= 0.3 is 0 Å². The van der Waals surface area contributed by atoms with Gasteiger partial charge in [-0.25, -0.2) is 0 Å². The molecule has 0 aromatic heterocycles. The van der Waals surface area contributed by atoms with E-state index in [1.807, 2.05) is 9.80 Å². The fourth-order valence-corrected chi connectivity index (χ4v) is 4.65. The molecule has 3 aliphatic rings. The maximum Gasteiger partial charge on any atom is 0.225 e. The summed E-state index contributed by atoms with van der Waals surface area (Å²) >= 11 is 0. The van der Waals surface area contributed by atoms with Crippen molar-refractivity contribution >= 4 is 11.8 Å². The highest BCUT2D eigenvalue weighted by Crippen LogP contribution is 2.28. The van der Waals surface area contributed by atoms with Gasteiger partial charge < -0.3 is 15.5 Å². The Morgan fingerprint density at radius 3 is 2.17 bits per heavy atom. The van der Waals surface area contributed by atoms with E-state index >= 15 is 0 Å². The van der Waals surface area contributed by atoms with Crippen LogP contribution < -0.4 is 5.73 Å². The Labute approximate surface area is 145 Å². The molecule has 0 unspecified atom stereocenters. The van der Waals surface area contributed by atoms with Crippen LogP contribution in [0.5, 0.6) is 0 Å². The van der Waals surface area contributed by atoms with Crippen LogP contribution in [0.4, 0.5) is 0 Å². The van der Waals surface area contributed by atoms with Crippen LogP contribution in [-0.2, 0) is 9.59 Å². The van der Waals surface area contributed by atoms with Crippen molar-refractivity contribution in [3.63, 3.8) is 0 Å². The molecule has 3 rings (SSSR count). The van der Waals surface area contributed by atoms with Gasteiger partial charge in [-0.15, -0.1) is 0 Å². The van der Waals surface area contributed by atoms with Gasteiger partial charge in [0.2, 0.25) is 11.8 Å². The zero-order chi connectivity index (χ0) is 16.9. The van der Waals surface area contributed by atoms with E-state index in [2.05, 4.69) is 0 Å². The first-order chi connectivity index (χ1) is 11.6. The molecule has 2 N–H and O–H groups in total. The average Bonchev–Trinajstić information content (AvgIpc) is 2.62. The predicted octanol–water partition coefficient (Wildman–Crippen LogP) is 2.15. The number of hydrogen-bond acceptors (Lipinski definition) is 3. The van der Waals surface area contributed by atoms with Crippen molar-refractivity contribution in [1.82, 2.24) is 9.80 Å². The number of nitrogens with two attached hydrogens (primary N) is 1. The van der Waals surface area contributed by atoms with E-state index in [0.29, 0.717) is 44.4 Å². The first-order valence-corrected chi connectivity index (χ1v) is 9.95. The summed E-state index contributed by atoms with van der Waals surface area (Å²) in [6.07, 6.45) is 11.0. The second-order valence-electron chi connectivity index (χ2n) is 8.04. The lowest BCUT2D eigenvalue weighted by Crippen LogP contribution is -2.52. The number of carbonyl (C=O) groups is 2. The topological polar surface area (TPSA) is 66.6 Å². The molecule has 1 saturated heterocycles. The predicted molar refractivity (Wildman–Crippen MR) is 94.3 cm³/mol. The third kappa shape index (κ3) is 4.50. The first kappa shape index (κ1) is 17.7. The van der Waals surface area contributed by atoms with E-state index < -0.39 is 0 Å². The van der Waals surface area contributed by atoms with Crippen LogP contribution >= 0.6 is 0 Å². The summed E-state index contributed by atoms with van der Waals surface area (Å²) in [5.41, 5.74) is 6.02. The number of nitrogens with zero attached hydrogens (tertiary/aromatic N) is 2. The molecule has 2 atom stereocenters. The Balaban J connectivity index is 1.43. The molecule has 2 amide bonds. The van der Waals surface area contributed by atoms with Gasteiger partial charge in [0.25, 0.3) is 0 Å². The number of piperazine rings is 1. The van der Waals surface area contributed by atoms with Gasteiger partial charge in [-0.2, -0.15) is 0 Å². The fourth-order valence-electron chi connectivity index (χ4n) is 4.65. The zero-order valence-corrected chi connectivity index (χ0v) is 14.9. The van der Waals surface area contributed by atoms with Gasteiger partial charge in [0, 0.05) is 44.6 Å². The lowest BCUT2D eigenvalue weighted by atomic mass is 9.85. The second kappa shape index (κ2) is 8.32. The minimum Gasteiger partial charge on any atom is -0.339 e. The number of amides is 2. The van der Waals surface area contributed by atoms with Crippen molar-refractivity contribution < 1.29 is 9.59 Å². The maximum absolute atomic E-state index is 12.7. The summed E-state index contributed by atoms with van der Waals surface area (Å²) in [6.45, 7) is 2.80. The van der Waals surface area contributed by atoms with Crippen molar-refractivity contribution in [3.8, 4) is 0 Å². The molecule has 2 aliphatic carbocycles. The summed E-state index contributed by atoms with van der Waals surface area (Å²) in [4.78, 5) is 29.1. The minimum atomic E-state index is 0.109. The molecule has 3 fully saturated rings. The van der Waals surface area contributed by atoms with E-state index in [1.54, 1.807) is 0 Å². The Kier molecular flexibility index (Phi) is 6.14. The monoisotopic (exact) mass is 335 g/mol. The van der Waals surface area contributed by atoms with E-state index in [9.17, 15) is 9.59 Å². The van der Waals surface area contributed by atoms with Crippen molar-refractivity contribution in [2.24, 2.45) is 17.6 Å². The molecule has 24 heavy (non-hydrogen) atoms. The molecule has 136 valence electrons. The molecular formula is C19H33N3O2.